The van der Waals surface area contributed by atoms with Crippen LogP contribution in [0.15, 0.2) is 54.3 Å². The second-order valence-corrected chi connectivity index (χ2v) is 5.16. The van der Waals surface area contributed by atoms with Gasteiger partial charge in [0.25, 0.3) is 5.91 Å². The van der Waals surface area contributed by atoms with E-state index in [2.05, 4.69) is 0 Å². The lowest BCUT2D eigenvalue weighted by Gasteiger charge is -2.17. The number of aryl methyl sites for hydroxylation is 1. The SMILES string of the molecule is COc1ccccc1C1=C(O)C(=O)N(c2ccccc2C)C1=O. The zero-order chi connectivity index (χ0) is 16.6. The topological polar surface area (TPSA) is 66.8 Å². The van der Waals surface area contributed by atoms with Gasteiger partial charge >= 0.3 is 5.91 Å². The third kappa shape index (κ3) is 2.26. The van der Waals surface area contributed by atoms with E-state index in [0.717, 1.165) is 10.5 Å². The number of aliphatic hydroxyl groups is 1. The Bertz CT molecular complexity index is 838. The number of carbonyl (C=O) groups excluding carboxylic acids is 2. The Hall–Kier alpha value is -3.08. The Balaban J connectivity index is 2.12. The number of rotatable bonds is 3. The third-order valence-electron chi connectivity index (χ3n) is 3.79. The number of carbonyl (C=O) groups is 2. The Morgan fingerprint density at radius 1 is 0.957 bits per heavy atom. The molecule has 5 nitrogen and oxygen atoms in total. The monoisotopic (exact) mass is 309 g/mol. The smallest absolute Gasteiger partial charge is 0.301 e. The van der Waals surface area contributed by atoms with Gasteiger partial charge in [-0.25, -0.2) is 4.90 Å². The number of hydrogen-bond donors (Lipinski definition) is 1. The summed E-state index contributed by atoms with van der Waals surface area (Å²) in [6, 6.07) is 13.8. The third-order valence-corrected chi connectivity index (χ3v) is 3.79. The standard InChI is InChI=1S/C18H15NO4/c1-11-7-3-5-9-13(11)19-17(21)15(16(20)18(19)22)12-8-4-6-10-14(12)23-2/h3-10,20H,1-2H3. The molecule has 0 spiro atoms. The second kappa shape index (κ2) is 5.61. The summed E-state index contributed by atoms with van der Waals surface area (Å²) in [7, 11) is 1.47. The van der Waals surface area contributed by atoms with E-state index >= 15 is 0 Å². The van der Waals surface area contributed by atoms with Crippen LogP contribution in [-0.2, 0) is 9.59 Å². The van der Waals surface area contributed by atoms with Gasteiger partial charge < -0.3 is 9.84 Å². The normalized spacial score (nSPS) is 14.6. The minimum atomic E-state index is -0.731. The molecule has 1 heterocycles. The van der Waals surface area contributed by atoms with Crippen molar-refractivity contribution in [3.05, 3.63) is 65.4 Å². The summed E-state index contributed by atoms with van der Waals surface area (Å²) in [6.45, 7) is 1.80. The van der Waals surface area contributed by atoms with Crippen LogP contribution in [0.1, 0.15) is 11.1 Å². The van der Waals surface area contributed by atoms with Crippen LogP contribution in [0.5, 0.6) is 5.75 Å². The molecule has 0 bridgehead atoms. The second-order valence-electron chi connectivity index (χ2n) is 5.16. The van der Waals surface area contributed by atoms with Crippen LogP contribution in [0.25, 0.3) is 5.57 Å². The maximum absolute atomic E-state index is 12.8. The molecule has 0 aliphatic carbocycles. The van der Waals surface area contributed by atoms with Gasteiger partial charge in [-0.05, 0) is 24.6 Å². The minimum Gasteiger partial charge on any atom is -0.502 e. The number of hydrogen-bond acceptors (Lipinski definition) is 4. The molecule has 23 heavy (non-hydrogen) atoms. The highest BCUT2D eigenvalue weighted by Gasteiger charge is 2.41. The van der Waals surface area contributed by atoms with Crippen LogP contribution in [0, 0.1) is 6.92 Å². The number of methoxy groups -OCH3 is 1. The van der Waals surface area contributed by atoms with Crippen molar-refractivity contribution in [1.82, 2.24) is 0 Å². The van der Waals surface area contributed by atoms with Crippen molar-refractivity contribution in [2.24, 2.45) is 0 Å². The highest BCUT2D eigenvalue weighted by Crippen LogP contribution is 2.36. The van der Waals surface area contributed by atoms with Gasteiger partial charge in [0.2, 0.25) is 0 Å². The van der Waals surface area contributed by atoms with Gasteiger partial charge in [0, 0.05) is 5.56 Å². The number of nitrogens with zero attached hydrogens (tertiary/aromatic N) is 1. The van der Waals surface area contributed by atoms with Gasteiger partial charge in [-0.1, -0.05) is 36.4 Å². The van der Waals surface area contributed by atoms with Gasteiger partial charge in [-0.3, -0.25) is 9.59 Å². The molecule has 0 unspecified atom stereocenters. The summed E-state index contributed by atoms with van der Waals surface area (Å²) in [6.07, 6.45) is 0. The fraction of sp³-hybridized carbons (Fsp3) is 0.111. The number of anilines is 1. The van der Waals surface area contributed by atoms with Crippen LogP contribution in [0.2, 0.25) is 0 Å². The summed E-state index contributed by atoms with van der Waals surface area (Å²) in [5.74, 6) is -1.44. The van der Waals surface area contributed by atoms with Gasteiger partial charge in [0.05, 0.1) is 18.4 Å². The van der Waals surface area contributed by atoms with Crippen LogP contribution in [-0.4, -0.2) is 24.0 Å². The summed E-state index contributed by atoms with van der Waals surface area (Å²) in [5.41, 5.74) is 1.57. The number of imide groups is 1. The maximum atomic E-state index is 12.8. The molecule has 5 heteroatoms. The van der Waals surface area contributed by atoms with E-state index in [4.69, 9.17) is 4.74 Å². The van der Waals surface area contributed by atoms with Crippen molar-refractivity contribution < 1.29 is 19.4 Å². The number of ether oxygens (including phenoxy) is 1. The molecule has 0 fully saturated rings. The fourth-order valence-electron chi connectivity index (χ4n) is 2.65. The lowest BCUT2D eigenvalue weighted by Crippen LogP contribution is -2.32. The number of para-hydroxylation sites is 2. The predicted octanol–water partition coefficient (Wildman–Crippen LogP) is 2.85. The van der Waals surface area contributed by atoms with Crippen molar-refractivity contribution >= 4 is 23.1 Å². The van der Waals surface area contributed by atoms with Crippen molar-refractivity contribution in [1.29, 1.82) is 0 Å². The molecule has 1 aliphatic heterocycles. The lowest BCUT2D eigenvalue weighted by molar-refractivity contribution is -0.121. The average Bonchev–Trinajstić information content (AvgIpc) is 2.78. The molecule has 0 atom stereocenters. The molecule has 0 radical (unpaired) electrons. The van der Waals surface area contributed by atoms with Crippen molar-refractivity contribution in [2.45, 2.75) is 6.92 Å². The van der Waals surface area contributed by atoms with E-state index in [1.165, 1.54) is 7.11 Å². The largest absolute Gasteiger partial charge is 0.502 e. The summed E-state index contributed by atoms with van der Waals surface area (Å²) in [4.78, 5) is 26.2. The zero-order valence-corrected chi connectivity index (χ0v) is 12.7. The first-order valence-electron chi connectivity index (χ1n) is 7.07. The Kier molecular flexibility index (Phi) is 3.62. The van der Waals surface area contributed by atoms with Crippen LogP contribution in [0.3, 0.4) is 0 Å². The molecule has 2 amide bonds. The maximum Gasteiger partial charge on any atom is 0.301 e. The average molecular weight is 309 g/mol. The van der Waals surface area contributed by atoms with E-state index in [0.29, 0.717) is 17.0 Å². The highest BCUT2D eigenvalue weighted by atomic mass is 16.5. The first kappa shape index (κ1) is 14.8. The first-order valence-corrected chi connectivity index (χ1v) is 7.07. The number of amides is 2. The molecular formula is C18H15NO4. The number of aliphatic hydroxyl groups excluding tert-OH is 1. The zero-order valence-electron chi connectivity index (χ0n) is 12.7. The Morgan fingerprint density at radius 3 is 2.30 bits per heavy atom. The van der Waals surface area contributed by atoms with Gasteiger partial charge in [0.1, 0.15) is 5.75 Å². The molecule has 0 aromatic heterocycles. The Morgan fingerprint density at radius 2 is 1.61 bits per heavy atom. The highest BCUT2D eigenvalue weighted by molar-refractivity contribution is 6.45. The molecule has 0 saturated heterocycles. The van der Waals surface area contributed by atoms with Crippen LogP contribution in [0.4, 0.5) is 5.69 Å². The van der Waals surface area contributed by atoms with Crippen molar-refractivity contribution in [3.8, 4) is 5.75 Å². The summed E-state index contributed by atoms with van der Waals surface area (Å²) >= 11 is 0. The molecule has 3 rings (SSSR count). The predicted molar refractivity (Wildman–Crippen MR) is 86.2 cm³/mol. The molecule has 2 aromatic rings. The van der Waals surface area contributed by atoms with Crippen LogP contribution < -0.4 is 9.64 Å². The molecule has 1 N–H and O–H groups in total. The van der Waals surface area contributed by atoms with Crippen molar-refractivity contribution in [2.75, 3.05) is 12.0 Å². The lowest BCUT2D eigenvalue weighted by atomic mass is 10.0. The van der Waals surface area contributed by atoms with E-state index in [1.54, 1.807) is 49.4 Å². The first-order chi connectivity index (χ1) is 11.1. The fourth-order valence-corrected chi connectivity index (χ4v) is 2.65. The molecular weight excluding hydrogens is 294 g/mol. The molecule has 116 valence electrons. The van der Waals surface area contributed by atoms with Crippen molar-refractivity contribution in [3.63, 3.8) is 0 Å². The number of benzene rings is 2. The van der Waals surface area contributed by atoms with E-state index in [9.17, 15) is 14.7 Å². The van der Waals surface area contributed by atoms with Crippen LogP contribution >= 0.6 is 0 Å². The van der Waals surface area contributed by atoms with E-state index in [1.807, 2.05) is 6.07 Å². The van der Waals surface area contributed by atoms with Gasteiger partial charge in [-0.2, -0.15) is 0 Å². The molecule has 1 aliphatic rings. The summed E-state index contributed by atoms with van der Waals surface area (Å²) in [5, 5.41) is 10.2. The van der Waals surface area contributed by atoms with E-state index in [-0.39, 0.29) is 5.57 Å². The van der Waals surface area contributed by atoms with Gasteiger partial charge in [0.15, 0.2) is 5.76 Å². The quantitative estimate of drug-likeness (QED) is 0.885. The summed E-state index contributed by atoms with van der Waals surface area (Å²) < 4.78 is 5.23. The van der Waals surface area contributed by atoms with Gasteiger partial charge in [-0.15, -0.1) is 0 Å². The molecule has 0 saturated carbocycles. The minimum absolute atomic E-state index is 0.0456. The molecule has 2 aromatic carbocycles. The van der Waals surface area contributed by atoms with E-state index < -0.39 is 17.6 Å². The Labute approximate surface area is 133 Å².